The first-order valence-corrected chi connectivity index (χ1v) is 15.7. The third-order valence-electron chi connectivity index (χ3n) is 7.93. The monoisotopic (exact) mass is 621 g/mol. The summed E-state index contributed by atoms with van der Waals surface area (Å²) >= 11 is 1.33. The van der Waals surface area contributed by atoms with E-state index in [1.54, 1.807) is 22.9 Å². The number of rotatable bonds is 7. The molecule has 1 aliphatic heterocycles. The smallest absolute Gasteiger partial charge is 0.233 e. The van der Waals surface area contributed by atoms with E-state index in [1.807, 2.05) is 36.2 Å². The summed E-state index contributed by atoms with van der Waals surface area (Å²) in [5.74, 6) is 0.428. The van der Waals surface area contributed by atoms with E-state index in [4.69, 9.17) is 14.2 Å². The molecule has 240 valence electrons. The lowest BCUT2D eigenvalue weighted by Gasteiger charge is -2.42. The minimum Gasteiger partial charge on any atom is -0.497 e. The first-order valence-electron chi connectivity index (χ1n) is 14.7. The molecule has 2 aromatic rings. The quantitative estimate of drug-likeness (QED) is 0.442. The summed E-state index contributed by atoms with van der Waals surface area (Å²) in [4.78, 5) is 30.7. The van der Waals surface area contributed by atoms with Gasteiger partial charge in [-0.3, -0.25) is 9.59 Å². The van der Waals surface area contributed by atoms with Gasteiger partial charge in [0.25, 0.3) is 0 Å². The van der Waals surface area contributed by atoms with Gasteiger partial charge in [0.05, 0.1) is 25.5 Å². The minimum absolute atomic E-state index is 0.0512. The number of aryl methyl sites for hydroxylation is 1. The number of aromatic nitrogens is 3. The molecule has 1 saturated heterocycles. The van der Waals surface area contributed by atoms with Crippen molar-refractivity contribution in [3.8, 4) is 5.75 Å². The summed E-state index contributed by atoms with van der Waals surface area (Å²) in [7, 11) is 4.89. The minimum atomic E-state index is -1.25. The molecule has 0 aliphatic carbocycles. The lowest BCUT2D eigenvalue weighted by atomic mass is 9.82. The number of carbonyl (C=O) groups excluding carboxylic acids is 2. The molecule has 12 nitrogen and oxygen atoms in total. The van der Waals surface area contributed by atoms with Crippen LogP contribution in [-0.2, 0) is 26.1 Å². The number of nitrogens with zero attached hydrogens (tertiary/aromatic N) is 5. The predicted molar refractivity (Wildman–Crippen MR) is 163 cm³/mol. The van der Waals surface area contributed by atoms with E-state index in [2.05, 4.69) is 24.0 Å². The highest BCUT2D eigenvalue weighted by atomic mass is 32.2. The summed E-state index contributed by atoms with van der Waals surface area (Å²) in [6.45, 7) is 6.75. The van der Waals surface area contributed by atoms with Crippen LogP contribution in [0.5, 0.6) is 5.75 Å². The molecule has 0 spiro atoms. The maximum Gasteiger partial charge on any atom is 0.233 e. The molecule has 1 fully saturated rings. The Kier molecular flexibility index (Phi) is 13.7. The Morgan fingerprint density at radius 3 is 2.58 bits per heavy atom. The van der Waals surface area contributed by atoms with Gasteiger partial charge in [0.15, 0.2) is 5.16 Å². The van der Waals surface area contributed by atoms with Gasteiger partial charge in [-0.25, -0.2) is 0 Å². The molecule has 2 heterocycles. The van der Waals surface area contributed by atoms with E-state index >= 15 is 0 Å². The van der Waals surface area contributed by atoms with Gasteiger partial charge in [-0.2, -0.15) is 0 Å². The van der Waals surface area contributed by atoms with Crippen LogP contribution in [0, 0.1) is 11.8 Å². The Bertz CT molecular complexity index is 1170. The fourth-order valence-electron chi connectivity index (χ4n) is 5.35. The fourth-order valence-corrected chi connectivity index (χ4v) is 6.13. The number of aliphatic hydroxyl groups excluding tert-OH is 2. The summed E-state index contributed by atoms with van der Waals surface area (Å²) in [5, 5.41) is 30.1. The number of methoxy groups -OCH3 is 2. The fraction of sp³-hybridized carbons (Fsp3) is 0.667. The number of amides is 2. The summed E-state index contributed by atoms with van der Waals surface area (Å²) in [6.07, 6.45) is -0.363. The van der Waals surface area contributed by atoms with Crippen molar-refractivity contribution in [3.63, 3.8) is 0 Å². The van der Waals surface area contributed by atoms with E-state index in [9.17, 15) is 19.8 Å². The second kappa shape index (κ2) is 17.0. The Labute approximate surface area is 258 Å². The molecule has 1 aromatic carbocycles. The SMILES string of the molecule is COc1cccc([C@@H]2[C@@H](C(C)C)CN(C(C)=O)C[C@H](OC)[C@@H](O)[C@@H](O)COCCCCN2C(=O)CSc2nncn2C)c1. The third kappa shape index (κ3) is 9.64. The lowest BCUT2D eigenvalue weighted by molar-refractivity contribution is -0.139. The van der Waals surface area contributed by atoms with E-state index in [0.717, 1.165) is 5.56 Å². The van der Waals surface area contributed by atoms with Crippen molar-refractivity contribution in [2.45, 2.75) is 63.1 Å². The molecule has 2 N–H and O–H groups in total. The van der Waals surface area contributed by atoms with Gasteiger partial charge >= 0.3 is 0 Å². The van der Waals surface area contributed by atoms with E-state index in [-0.39, 0.29) is 42.6 Å². The van der Waals surface area contributed by atoms with E-state index in [1.165, 1.54) is 25.8 Å². The van der Waals surface area contributed by atoms with Gasteiger partial charge < -0.3 is 38.8 Å². The summed E-state index contributed by atoms with van der Waals surface area (Å²) in [6, 6.07) is 7.32. The maximum absolute atomic E-state index is 14.1. The van der Waals surface area contributed by atoms with Crippen LogP contribution in [0.4, 0.5) is 0 Å². The van der Waals surface area contributed by atoms with Crippen LogP contribution in [0.3, 0.4) is 0 Å². The molecule has 13 heteroatoms. The highest BCUT2D eigenvalue weighted by Gasteiger charge is 2.37. The largest absolute Gasteiger partial charge is 0.497 e. The van der Waals surface area contributed by atoms with Gasteiger partial charge in [0.1, 0.15) is 30.4 Å². The predicted octanol–water partition coefficient (Wildman–Crippen LogP) is 2.15. The Balaban J connectivity index is 2.09. The number of carbonyl (C=O) groups is 2. The standard InChI is InChI=1S/C30H47N5O7S/c1-20(2)24-15-34(21(3)36)16-26(41-6)29(39)25(37)17-42-13-8-7-12-35(27(38)18-43-30-32-31-19-33(30)4)28(24)22-10-9-11-23(14-22)40-5/h9-11,14,19-20,24-26,28-29,37,39H,7-8,12-13,15-18H2,1-6H3/t24-,25+,26+,28-,29+/m1/s1. The van der Waals surface area contributed by atoms with Crippen LogP contribution in [0.25, 0.3) is 0 Å². The number of hydrogen-bond donors (Lipinski definition) is 2. The number of ether oxygens (including phenoxy) is 3. The van der Waals surface area contributed by atoms with Crippen molar-refractivity contribution in [1.82, 2.24) is 24.6 Å². The number of hydrogen-bond acceptors (Lipinski definition) is 10. The zero-order chi connectivity index (χ0) is 31.5. The van der Waals surface area contributed by atoms with Crippen molar-refractivity contribution in [3.05, 3.63) is 36.2 Å². The number of aliphatic hydroxyl groups is 2. The molecule has 0 unspecified atom stereocenters. The van der Waals surface area contributed by atoms with Gasteiger partial charge in [0.2, 0.25) is 11.8 Å². The molecule has 0 radical (unpaired) electrons. The molecule has 2 amide bonds. The first kappa shape index (κ1) is 34.8. The first-order chi connectivity index (χ1) is 20.6. The number of benzene rings is 1. The van der Waals surface area contributed by atoms with Crippen molar-refractivity contribution in [2.24, 2.45) is 18.9 Å². The van der Waals surface area contributed by atoms with Crippen molar-refractivity contribution in [2.75, 3.05) is 52.8 Å². The molecular weight excluding hydrogens is 574 g/mol. The average Bonchev–Trinajstić information content (AvgIpc) is 3.40. The second-order valence-corrected chi connectivity index (χ2v) is 12.2. The van der Waals surface area contributed by atoms with Gasteiger partial charge in [-0.15, -0.1) is 10.2 Å². The molecule has 43 heavy (non-hydrogen) atoms. The Morgan fingerprint density at radius 1 is 1.19 bits per heavy atom. The van der Waals surface area contributed by atoms with Crippen LogP contribution >= 0.6 is 11.8 Å². The summed E-state index contributed by atoms with van der Waals surface area (Å²) in [5.41, 5.74) is 0.901. The average molecular weight is 622 g/mol. The molecule has 1 aliphatic rings. The zero-order valence-corrected chi connectivity index (χ0v) is 26.9. The van der Waals surface area contributed by atoms with E-state index in [0.29, 0.717) is 43.4 Å². The third-order valence-corrected chi connectivity index (χ3v) is 8.95. The molecular formula is C30H47N5O7S. The van der Waals surface area contributed by atoms with Gasteiger partial charge in [-0.05, 0) is 36.5 Å². The Morgan fingerprint density at radius 2 is 1.95 bits per heavy atom. The summed E-state index contributed by atoms with van der Waals surface area (Å²) < 4.78 is 18.6. The van der Waals surface area contributed by atoms with Crippen molar-refractivity contribution < 1.29 is 34.0 Å². The zero-order valence-electron chi connectivity index (χ0n) is 26.1. The van der Waals surface area contributed by atoms with E-state index < -0.39 is 24.4 Å². The second-order valence-electron chi connectivity index (χ2n) is 11.3. The maximum atomic E-state index is 14.1. The normalized spacial score (nSPS) is 24.8. The molecule has 5 atom stereocenters. The van der Waals surface area contributed by atoms with Crippen LogP contribution in [0.15, 0.2) is 35.7 Å². The number of thioether (sulfide) groups is 1. The van der Waals surface area contributed by atoms with Crippen LogP contribution in [-0.4, -0.2) is 118 Å². The highest BCUT2D eigenvalue weighted by Crippen LogP contribution is 2.37. The molecule has 3 rings (SSSR count). The van der Waals surface area contributed by atoms with Gasteiger partial charge in [0, 0.05) is 53.2 Å². The Hall–Kier alpha value is -2.71. The van der Waals surface area contributed by atoms with Crippen LogP contribution < -0.4 is 4.74 Å². The topological polar surface area (TPSA) is 139 Å². The molecule has 1 aromatic heterocycles. The molecule has 0 bridgehead atoms. The van der Waals surface area contributed by atoms with Crippen molar-refractivity contribution >= 4 is 23.6 Å². The lowest BCUT2D eigenvalue weighted by Crippen LogP contribution is -2.51. The highest BCUT2D eigenvalue weighted by molar-refractivity contribution is 7.99. The van der Waals surface area contributed by atoms with Crippen molar-refractivity contribution in [1.29, 1.82) is 0 Å². The van der Waals surface area contributed by atoms with Crippen LogP contribution in [0.2, 0.25) is 0 Å². The molecule has 0 saturated carbocycles. The van der Waals surface area contributed by atoms with Gasteiger partial charge in [-0.1, -0.05) is 37.7 Å². The van der Waals surface area contributed by atoms with Crippen LogP contribution in [0.1, 0.15) is 45.2 Å².